The third kappa shape index (κ3) is 3.85. The molecule has 0 saturated heterocycles. The first-order valence-corrected chi connectivity index (χ1v) is 6.68. The molecule has 3 rings (SSSR count). The van der Waals surface area contributed by atoms with E-state index in [0.29, 0.717) is 5.92 Å². The number of fused-ring (bicyclic) bond motifs is 1. The maximum Gasteiger partial charge on any atom is 2.00 e. The van der Waals surface area contributed by atoms with Crippen molar-refractivity contribution in [1.82, 2.24) is 0 Å². The van der Waals surface area contributed by atoms with Gasteiger partial charge in [-0.3, -0.25) is 0 Å². The number of allylic oxidation sites excluding steroid dienone is 4. The second-order valence-corrected chi connectivity index (χ2v) is 5.29. The third-order valence-electron chi connectivity index (χ3n) is 3.95. The molecule has 1 aliphatic rings. The predicted molar refractivity (Wildman–Crippen MR) is 80.1 cm³/mol. The van der Waals surface area contributed by atoms with E-state index >= 15 is 0 Å². The zero-order valence-electron chi connectivity index (χ0n) is 12.6. The second kappa shape index (κ2) is 8.91. The molecule has 0 bridgehead atoms. The summed E-state index contributed by atoms with van der Waals surface area (Å²) in [7, 11) is 0. The number of aliphatic hydroxyl groups is 1. The third-order valence-corrected chi connectivity index (χ3v) is 3.95. The summed E-state index contributed by atoms with van der Waals surface area (Å²) in [6, 6.07) is 12.6. The van der Waals surface area contributed by atoms with Crippen LogP contribution in [0.3, 0.4) is 0 Å². The van der Waals surface area contributed by atoms with Crippen molar-refractivity contribution >= 4 is 10.8 Å². The minimum atomic E-state index is 0. The summed E-state index contributed by atoms with van der Waals surface area (Å²) in [4.78, 5) is 0. The van der Waals surface area contributed by atoms with Crippen molar-refractivity contribution in [2.45, 2.75) is 26.4 Å². The Morgan fingerprint density at radius 2 is 1.68 bits per heavy atom. The van der Waals surface area contributed by atoms with Crippen LogP contribution in [-0.4, -0.2) is 5.11 Å². The molecule has 0 aromatic heterocycles. The van der Waals surface area contributed by atoms with E-state index in [0.717, 1.165) is 10.9 Å². The van der Waals surface area contributed by atoms with Gasteiger partial charge in [0.1, 0.15) is 0 Å². The van der Waals surface area contributed by atoms with E-state index in [-0.39, 0.29) is 53.1 Å². The van der Waals surface area contributed by atoms with Gasteiger partial charge in [-0.05, 0) is 35.7 Å². The standard InChI is InChI=1S/C18H18O.2ClH.Ti/c1-12-9-13(2)17(10-12)16-8-7-14-5-3-4-6-15(14)18(16)11-19;;;/h3-10,17,19H,11H2,1-2H3;2*1H;/q;;;+2/p-2. The van der Waals surface area contributed by atoms with Gasteiger partial charge in [-0.1, -0.05) is 59.7 Å². The van der Waals surface area contributed by atoms with E-state index < -0.39 is 0 Å². The number of hydrogen-bond acceptors (Lipinski definition) is 1. The first-order chi connectivity index (χ1) is 9.20. The summed E-state index contributed by atoms with van der Waals surface area (Å²) in [5.74, 6) is 0.312. The Morgan fingerprint density at radius 3 is 2.27 bits per heavy atom. The van der Waals surface area contributed by atoms with E-state index in [1.165, 1.54) is 22.1 Å². The summed E-state index contributed by atoms with van der Waals surface area (Å²) in [6.07, 6.45) is 4.50. The summed E-state index contributed by atoms with van der Waals surface area (Å²) < 4.78 is 0. The normalized spacial score (nSPS) is 16.0. The number of rotatable bonds is 2. The number of halogens is 2. The molecule has 1 unspecified atom stereocenters. The van der Waals surface area contributed by atoms with Gasteiger partial charge in [-0.25, -0.2) is 0 Å². The molecule has 2 aromatic rings. The second-order valence-electron chi connectivity index (χ2n) is 5.29. The summed E-state index contributed by atoms with van der Waals surface area (Å²) in [5, 5.41) is 12.1. The van der Waals surface area contributed by atoms with Crippen molar-refractivity contribution in [3.05, 3.63) is 70.8 Å². The Kier molecular flexibility index (Phi) is 8.68. The summed E-state index contributed by atoms with van der Waals surface area (Å²) in [6.45, 7) is 4.38. The van der Waals surface area contributed by atoms with Crippen LogP contribution >= 0.6 is 0 Å². The van der Waals surface area contributed by atoms with Crippen LogP contribution in [0.25, 0.3) is 10.8 Å². The molecule has 4 heteroatoms. The fraction of sp³-hybridized carbons (Fsp3) is 0.222. The molecule has 1 atom stereocenters. The van der Waals surface area contributed by atoms with Gasteiger partial charge in [-0.15, -0.1) is 0 Å². The van der Waals surface area contributed by atoms with E-state index in [1.54, 1.807) is 0 Å². The molecular weight excluding hydrogens is 351 g/mol. The fourth-order valence-corrected chi connectivity index (χ4v) is 3.05. The topological polar surface area (TPSA) is 20.2 Å². The monoisotopic (exact) mass is 368 g/mol. The van der Waals surface area contributed by atoms with Gasteiger partial charge < -0.3 is 29.9 Å². The molecule has 0 heterocycles. The smallest absolute Gasteiger partial charge is 1.00 e. The molecule has 22 heavy (non-hydrogen) atoms. The predicted octanol–water partition coefficient (Wildman–Crippen LogP) is -1.67. The van der Waals surface area contributed by atoms with Crippen LogP contribution < -0.4 is 24.8 Å². The molecule has 0 aliphatic heterocycles. The number of hydrogen-bond donors (Lipinski definition) is 1. The average molecular weight is 369 g/mol. The van der Waals surface area contributed by atoms with Gasteiger partial charge in [0.05, 0.1) is 6.61 Å². The molecule has 0 spiro atoms. The van der Waals surface area contributed by atoms with E-state index in [1.807, 2.05) is 12.1 Å². The molecular formula is C18H18Cl2OTi. The van der Waals surface area contributed by atoms with Crippen molar-refractivity contribution < 1.29 is 51.6 Å². The van der Waals surface area contributed by atoms with Crippen molar-refractivity contribution in [2.24, 2.45) is 0 Å². The van der Waals surface area contributed by atoms with Crippen LogP contribution in [0.5, 0.6) is 0 Å². The zero-order chi connectivity index (χ0) is 13.4. The molecule has 114 valence electrons. The molecule has 0 saturated carbocycles. The molecule has 1 nitrogen and oxygen atoms in total. The summed E-state index contributed by atoms with van der Waals surface area (Å²) in [5.41, 5.74) is 4.94. The SMILES string of the molecule is CC1=CC(c2ccc3ccccc3c2CO)C(C)=C1.[Cl-].[Cl-].[Ti+2]. The molecule has 0 amide bonds. The molecule has 2 aromatic carbocycles. The Morgan fingerprint density at radius 1 is 1.00 bits per heavy atom. The Labute approximate surface area is 159 Å². The van der Waals surface area contributed by atoms with Crippen LogP contribution in [0.2, 0.25) is 0 Å². The van der Waals surface area contributed by atoms with Crippen LogP contribution in [0.15, 0.2) is 59.7 Å². The van der Waals surface area contributed by atoms with Crippen molar-refractivity contribution in [2.75, 3.05) is 0 Å². The Bertz CT molecular complexity index is 707. The van der Waals surface area contributed by atoms with Crippen LogP contribution in [-0.2, 0) is 28.3 Å². The molecule has 0 fully saturated rings. The quantitative estimate of drug-likeness (QED) is 0.628. The van der Waals surface area contributed by atoms with Crippen LogP contribution in [0.4, 0.5) is 0 Å². The van der Waals surface area contributed by atoms with Crippen LogP contribution in [0, 0.1) is 0 Å². The maximum atomic E-state index is 9.79. The van der Waals surface area contributed by atoms with Gasteiger partial charge in [0, 0.05) is 5.92 Å². The minimum Gasteiger partial charge on any atom is -1.00 e. The van der Waals surface area contributed by atoms with Crippen molar-refractivity contribution in [3.63, 3.8) is 0 Å². The number of benzene rings is 2. The zero-order valence-corrected chi connectivity index (χ0v) is 15.7. The van der Waals surface area contributed by atoms with Gasteiger partial charge in [-0.2, -0.15) is 0 Å². The fourth-order valence-electron chi connectivity index (χ4n) is 3.05. The first kappa shape index (κ1) is 21.4. The Hall–Kier alpha value is -0.566. The minimum absolute atomic E-state index is 0. The van der Waals surface area contributed by atoms with E-state index in [2.05, 4.69) is 50.3 Å². The maximum absolute atomic E-state index is 9.79. The van der Waals surface area contributed by atoms with Crippen molar-refractivity contribution in [3.8, 4) is 0 Å². The van der Waals surface area contributed by atoms with Gasteiger partial charge in [0.15, 0.2) is 0 Å². The van der Waals surface area contributed by atoms with Gasteiger partial charge in [0.25, 0.3) is 0 Å². The largest absolute Gasteiger partial charge is 2.00 e. The molecule has 1 N–H and O–H groups in total. The molecule has 1 aliphatic carbocycles. The van der Waals surface area contributed by atoms with E-state index in [4.69, 9.17) is 0 Å². The van der Waals surface area contributed by atoms with E-state index in [9.17, 15) is 5.11 Å². The number of aliphatic hydroxyl groups excluding tert-OH is 1. The van der Waals surface area contributed by atoms with Gasteiger partial charge >= 0.3 is 21.7 Å². The van der Waals surface area contributed by atoms with Crippen LogP contribution in [0.1, 0.15) is 30.9 Å². The molecule has 0 radical (unpaired) electrons. The average Bonchev–Trinajstić information content (AvgIpc) is 2.76. The first-order valence-electron chi connectivity index (χ1n) is 6.68. The Balaban J connectivity index is 0.00000147. The summed E-state index contributed by atoms with van der Waals surface area (Å²) >= 11 is 0. The van der Waals surface area contributed by atoms with Gasteiger partial charge in [0.2, 0.25) is 0 Å². The van der Waals surface area contributed by atoms with Crippen molar-refractivity contribution in [1.29, 1.82) is 0 Å².